The first-order chi connectivity index (χ1) is 3.93. The highest BCUT2D eigenvalue weighted by atomic mass is 32.2. The molecule has 1 aliphatic heterocycles. The van der Waals surface area contributed by atoms with E-state index in [9.17, 15) is 0 Å². The average molecular weight is 134 g/mol. The van der Waals surface area contributed by atoms with Gasteiger partial charge in [0.25, 0.3) is 0 Å². The van der Waals surface area contributed by atoms with Crippen LogP contribution in [0.25, 0.3) is 0 Å². The first kappa shape index (κ1) is 6.35. The number of piperazine rings is 1. The fourth-order valence-electron chi connectivity index (χ4n) is 0.726. The molecule has 3 nitrogen and oxygen atoms in total. The molecule has 2 N–H and O–H groups in total. The summed E-state index contributed by atoms with van der Waals surface area (Å²) in [5.41, 5.74) is 0. The van der Waals surface area contributed by atoms with Gasteiger partial charge in [-0.05, 0) is 0 Å². The van der Waals surface area contributed by atoms with E-state index in [1.165, 1.54) is 0 Å². The van der Waals surface area contributed by atoms with Gasteiger partial charge in [0, 0.05) is 26.2 Å². The lowest BCUT2D eigenvalue weighted by Crippen LogP contribution is -2.39. The van der Waals surface area contributed by atoms with Crippen LogP contribution in [0.5, 0.6) is 0 Å². The summed E-state index contributed by atoms with van der Waals surface area (Å²) in [7, 11) is 0. The highest BCUT2D eigenvalue weighted by molar-refractivity contribution is 7.91. The van der Waals surface area contributed by atoms with Gasteiger partial charge in [-0.25, -0.2) is 4.31 Å². The van der Waals surface area contributed by atoms with Gasteiger partial charge in [-0.3, -0.25) is 0 Å². The molecule has 1 aliphatic rings. The molecule has 0 amide bonds. The third kappa shape index (κ3) is 1.63. The molecule has 1 rings (SSSR count). The quantitative estimate of drug-likeness (QED) is 0.391. The molecule has 0 aromatic heterocycles. The van der Waals surface area contributed by atoms with Gasteiger partial charge in [0.1, 0.15) is 0 Å². The van der Waals surface area contributed by atoms with Gasteiger partial charge >= 0.3 is 0 Å². The third-order valence-electron chi connectivity index (χ3n) is 1.19. The van der Waals surface area contributed by atoms with Crippen molar-refractivity contribution in [2.45, 2.75) is 0 Å². The Hall–Kier alpha value is 0.230. The van der Waals surface area contributed by atoms with Crippen LogP contribution in [0.2, 0.25) is 0 Å². The fourth-order valence-corrected chi connectivity index (χ4v) is 1.07. The number of nitrogens with zero attached hydrogens (tertiary/aromatic N) is 1. The first-order valence-corrected chi connectivity index (χ1v) is 3.44. The minimum absolute atomic E-state index is 0.839. The molecule has 0 aliphatic carbocycles. The van der Waals surface area contributed by atoms with Gasteiger partial charge in [-0.1, -0.05) is 0 Å². The van der Waals surface area contributed by atoms with Crippen molar-refractivity contribution >= 4 is 12.2 Å². The van der Waals surface area contributed by atoms with Crippen molar-refractivity contribution in [2.75, 3.05) is 26.2 Å². The average Bonchev–Trinajstić information content (AvgIpc) is 1.90. The maximum atomic E-state index is 8.51. The van der Waals surface area contributed by atoms with E-state index in [0.29, 0.717) is 0 Å². The largest absolute Gasteiger partial charge is 0.317 e. The molecule has 48 valence electrons. The van der Waals surface area contributed by atoms with Crippen LogP contribution in [0.3, 0.4) is 0 Å². The number of rotatable bonds is 1. The van der Waals surface area contributed by atoms with Gasteiger partial charge in [0.15, 0.2) is 0 Å². The Morgan fingerprint density at radius 1 is 1.38 bits per heavy atom. The van der Waals surface area contributed by atoms with Crippen LogP contribution in [0.4, 0.5) is 0 Å². The highest BCUT2D eigenvalue weighted by Gasteiger charge is 2.07. The second-order valence-electron chi connectivity index (χ2n) is 1.76. The maximum absolute atomic E-state index is 8.51. The summed E-state index contributed by atoms with van der Waals surface area (Å²) in [6, 6.07) is 0. The second-order valence-corrected chi connectivity index (χ2v) is 2.44. The van der Waals surface area contributed by atoms with Crippen LogP contribution in [-0.2, 0) is 0 Å². The van der Waals surface area contributed by atoms with Crippen molar-refractivity contribution in [2.24, 2.45) is 0 Å². The van der Waals surface area contributed by atoms with Crippen molar-refractivity contribution in [3.8, 4) is 0 Å². The second kappa shape index (κ2) is 3.29. The number of hydrogen-bond donors (Lipinski definition) is 2. The predicted molar refractivity (Wildman–Crippen MR) is 34.7 cm³/mol. The van der Waals surface area contributed by atoms with Gasteiger partial charge in [0.2, 0.25) is 0 Å². The topological polar surface area (TPSA) is 35.5 Å². The van der Waals surface area contributed by atoms with E-state index < -0.39 is 0 Å². The van der Waals surface area contributed by atoms with E-state index in [1.54, 1.807) is 0 Å². The summed E-state index contributed by atoms with van der Waals surface area (Å²) >= 11 is 0.839. The van der Waals surface area contributed by atoms with Crippen LogP contribution < -0.4 is 5.32 Å². The fraction of sp³-hybridized carbons (Fsp3) is 1.00. The summed E-state index contributed by atoms with van der Waals surface area (Å²) in [5, 5.41) is 3.18. The molecule has 4 heteroatoms. The van der Waals surface area contributed by atoms with E-state index in [2.05, 4.69) is 5.32 Å². The van der Waals surface area contributed by atoms with E-state index in [0.717, 1.165) is 38.4 Å². The Balaban J connectivity index is 2.13. The molecule has 1 heterocycles. The molecule has 1 fully saturated rings. The zero-order chi connectivity index (χ0) is 5.82. The minimum Gasteiger partial charge on any atom is -0.317 e. The van der Waals surface area contributed by atoms with Crippen LogP contribution in [0, 0.1) is 0 Å². The summed E-state index contributed by atoms with van der Waals surface area (Å²) in [5.74, 6) is 0. The zero-order valence-corrected chi connectivity index (χ0v) is 5.45. The van der Waals surface area contributed by atoms with Crippen molar-refractivity contribution in [3.05, 3.63) is 0 Å². The molecule has 1 saturated heterocycles. The SMILES string of the molecule is OSN1CCNCC1. The van der Waals surface area contributed by atoms with Gasteiger partial charge in [0.05, 0.1) is 12.2 Å². The third-order valence-corrected chi connectivity index (χ3v) is 1.79. The normalized spacial score (nSPS) is 23.6. The summed E-state index contributed by atoms with van der Waals surface area (Å²) in [6.45, 7) is 3.88. The van der Waals surface area contributed by atoms with Crippen LogP contribution in [0.1, 0.15) is 0 Å². The lowest BCUT2D eigenvalue weighted by molar-refractivity contribution is 0.377. The number of hydrogen-bond acceptors (Lipinski definition) is 4. The molecule has 0 bridgehead atoms. The predicted octanol–water partition coefficient (Wildman–Crippen LogP) is 0.0128. The Morgan fingerprint density at radius 3 is 2.38 bits per heavy atom. The molecule has 0 unspecified atom stereocenters. The minimum atomic E-state index is 0.839. The van der Waals surface area contributed by atoms with Crippen LogP contribution in [-0.4, -0.2) is 35.0 Å². The van der Waals surface area contributed by atoms with Crippen molar-refractivity contribution in [1.29, 1.82) is 0 Å². The molecular formula is C4H10N2OS. The van der Waals surface area contributed by atoms with Crippen molar-refractivity contribution in [3.63, 3.8) is 0 Å². The molecular weight excluding hydrogens is 124 g/mol. The molecule has 0 radical (unpaired) electrons. The lowest BCUT2D eigenvalue weighted by atomic mass is 10.4. The standard InChI is InChI=1S/C4H10N2OS/c7-8-6-3-1-5-2-4-6/h5,7H,1-4H2. The van der Waals surface area contributed by atoms with E-state index in [4.69, 9.17) is 4.55 Å². The Bertz CT molecular complexity index is 65.1. The molecule has 0 saturated carbocycles. The molecule has 8 heavy (non-hydrogen) atoms. The first-order valence-electron chi connectivity index (χ1n) is 2.70. The Morgan fingerprint density at radius 2 is 2.00 bits per heavy atom. The highest BCUT2D eigenvalue weighted by Crippen LogP contribution is 2.03. The summed E-state index contributed by atoms with van der Waals surface area (Å²) in [6.07, 6.45) is 0. The maximum Gasteiger partial charge on any atom is 0.0791 e. The van der Waals surface area contributed by atoms with E-state index in [1.807, 2.05) is 4.31 Å². The van der Waals surface area contributed by atoms with E-state index >= 15 is 0 Å². The monoisotopic (exact) mass is 134 g/mol. The van der Waals surface area contributed by atoms with Crippen molar-refractivity contribution < 1.29 is 4.55 Å². The molecule has 0 atom stereocenters. The smallest absolute Gasteiger partial charge is 0.0791 e. The van der Waals surface area contributed by atoms with Crippen LogP contribution >= 0.6 is 12.2 Å². The summed E-state index contributed by atoms with van der Waals surface area (Å²) < 4.78 is 10.4. The molecule has 0 spiro atoms. The van der Waals surface area contributed by atoms with Crippen molar-refractivity contribution in [1.82, 2.24) is 9.62 Å². The van der Waals surface area contributed by atoms with Gasteiger partial charge in [-0.15, -0.1) is 0 Å². The van der Waals surface area contributed by atoms with Gasteiger partial charge in [-0.2, -0.15) is 0 Å². The number of nitrogens with one attached hydrogen (secondary N) is 1. The molecule has 0 aromatic carbocycles. The lowest BCUT2D eigenvalue weighted by Gasteiger charge is -2.22. The summed E-state index contributed by atoms with van der Waals surface area (Å²) in [4.78, 5) is 0. The van der Waals surface area contributed by atoms with Crippen LogP contribution in [0.15, 0.2) is 0 Å². The molecule has 0 aromatic rings. The van der Waals surface area contributed by atoms with Gasteiger partial charge < -0.3 is 9.87 Å². The zero-order valence-electron chi connectivity index (χ0n) is 4.63. The van der Waals surface area contributed by atoms with E-state index in [-0.39, 0.29) is 0 Å². The Labute approximate surface area is 53.4 Å². The Kier molecular flexibility index (Phi) is 2.62.